The average Bonchev–Trinajstić information content (AvgIpc) is 3.19. The monoisotopic (exact) mass is 409 g/mol. The summed E-state index contributed by atoms with van der Waals surface area (Å²) in [7, 11) is 0. The van der Waals surface area contributed by atoms with Gasteiger partial charge in [0.05, 0.1) is 4.92 Å². The highest BCUT2D eigenvalue weighted by molar-refractivity contribution is 6.30. The lowest BCUT2D eigenvalue weighted by molar-refractivity contribution is -0.384. The molecular formula is C19H24ClN3O5. The molecule has 0 atom stereocenters. The van der Waals surface area contributed by atoms with E-state index in [9.17, 15) is 19.7 Å². The predicted octanol–water partition coefficient (Wildman–Crippen LogP) is 3.02. The number of amides is 1. The summed E-state index contributed by atoms with van der Waals surface area (Å²) in [6.45, 7) is 1.51. The van der Waals surface area contributed by atoms with E-state index in [0.29, 0.717) is 49.2 Å². The van der Waals surface area contributed by atoms with E-state index in [4.69, 9.17) is 16.3 Å². The summed E-state index contributed by atoms with van der Waals surface area (Å²) in [5, 5.41) is 11.6. The van der Waals surface area contributed by atoms with Gasteiger partial charge in [0.1, 0.15) is 5.69 Å². The first-order valence-corrected chi connectivity index (χ1v) is 9.94. The number of esters is 1. The van der Waals surface area contributed by atoms with E-state index >= 15 is 0 Å². The lowest BCUT2D eigenvalue weighted by atomic mass is 10.0. The normalized spacial score (nSPS) is 17.6. The minimum atomic E-state index is -0.456. The summed E-state index contributed by atoms with van der Waals surface area (Å²) in [6.07, 6.45) is 4.82. The van der Waals surface area contributed by atoms with Crippen LogP contribution < -0.4 is 4.90 Å². The SMILES string of the molecule is O=C(CC1CCCC1)OCC(=O)N1CCN(c2ccc(Cl)cc2[N+](=O)[O-])CC1. The second-order valence-corrected chi connectivity index (χ2v) is 7.71. The maximum atomic E-state index is 12.3. The van der Waals surface area contributed by atoms with Crippen molar-refractivity contribution in [1.29, 1.82) is 0 Å². The Kier molecular flexibility index (Phi) is 6.72. The fourth-order valence-electron chi connectivity index (χ4n) is 3.85. The molecule has 1 heterocycles. The van der Waals surface area contributed by atoms with Gasteiger partial charge in [-0.1, -0.05) is 24.4 Å². The van der Waals surface area contributed by atoms with Crippen molar-refractivity contribution >= 4 is 34.9 Å². The van der Waals surface area contributed by atoms with Crippen molar-refractivity contribution < 1.29 is 19.2 Å². The van der Waals surface area contributed by atoms with Crippen LogP contribution in [0.5, 0.6) is 0 Å². The zero-order valence-electron chi connectivity index (χ0n) is 15.6. The Hall–Kier alpha value is -2.35. The molecule has 2 aliphatic rings. The first kappa shape index (κ1) is 20.4. The third kappa shape index (κ3) is 5.13. The van der Waals surface area contributed by atoms with Crippen LogP contribution in [0.1, 0.15) is 32.1 Å². The number of benzene rings is 1. The van der Waals surface area contributed by atoms with Crippen molar-refractivity contribution in [1.82, 2.24) is 4.90 Å². The largest absolute Gasteiger partial charge is 0.456 e. The number of piperazine rings is 1. The second-order valence-electron chi connectivity index (χ2n) is 7.27. The van der Waals surface area contributed by atoms with Crippen LogP contribution >= 0.6 is 11.6 Å². The summed E-state index contributed by atoms with van der Waals surface area (Å²) in [5.74, 6) is -0.151. The molecule has 1 saturated heterocycles. The highest BCUT2D eigenvalue weighted by atomic mass is 35.5. The number of nitro groups is 1. The number of hydrogen-bond donors (Lipinski definition) is 0. The van der Waals surface area contributed by atoms with Gasteiger partial charge in [0.25, 0.3) is 11.6 Å². The number of carbonyl (C=O) groups is 2. The smallest absolute Gasteiger partial charge is 0.306 e. The number of halogens is 1. The summed E-state index contributed by atoms with van der Waals surface area (Å²) in [4.78, 5) is 38.5. The summed E-state index contributed by atoms with van der Waals surface area (Å²) in [6, 6.07) is 4.58. The first-order valence-electron chi connectivity index (χ1n) is 9.56. The second kappa shape index (κ2) is 9.23. The third-order valence-corrected chi connectivity index (χ3v) is 5.63. The van der Waals surface area contributed by atoms with Crippen LogP contribution in [0.3, 0.4) is 0 Å². The van der Waals surface area contributed by atoms with E-state index in [2.05, 4.69) is 0 Å². The Morgan fingerprint density at radius 3 is 2.50 bits per heavy atom. The van der Waals surface area contributed by atoms with E-state index in [1.54, 1.807) is 17.0 Å². The van der Waals surface area contributed by atoms with Crippen LogP contribution in [0.25, 0.3) is 0 Å². The van der Waals surface area contributed by atoms with Gasteiger partial charge in [-0.2, -0.15) is 0 Å². The highest BCUT2D eigenvalue weighted by Gasteiger charge is 2.27. The maximum absolute atomic E-state index is 12.3. The lowest BCUT2D eigenvalue weighted by Crippen LogP contribution is -2.50. The molecule has 0 unspecified atom stereocenters. The maximum Gasteiger partial charge on any atom is 0.306 e. The van der Waals surface area contributed by atoms with Crippen molar-refractivity contribution in [2.75, 3.05) is 37.7 Å². The van der Waals surface area contributed by atoms with Crippen LogP contribution in [-0.2, 0) is 14.3 Å². The van der Waals surface area contributed by atoms with Gasteiger partial charge in [-0.3, -0.25) is 19.7 Å². The van der Waals surface area contributed by atoms with E-state index < -0.39 is 4.92 Å². The minimum Gasteiger partial charge on any atom is -0.456 e. The highest BCUT2D eigenvalue weighted by Crippen LogP contribution is 2.31. The van der Waals surface area contributed by atoms with Crippen molar-refractivity contribution in [3.8, 4) is 0 Å². The van der Waals surface area contributed by atoms with Gasteiger partial charge in [-0.25, -0.2) is 0 Å². The van der Waals surface area contributed by atoms with Gasteiger partial charge in [0.15, 0.2) is 6.61 Å². The molecule has 3 rings (SSSR count). The van der Waals surface area contributed by atoms with Gasteiger partial charge < -0.3 is 14.5 Å². The molecule has 1 aliphatic carbocycles. The summed E-state index contributed by atoms with van der Waals surface area (Å²) < 4.78 is 5.15. The van der Waals surface area contributed by atoms with Crippen LogP contribution in [-0.4, -0.2) is 54.5 Å². The standard InChI is InChI=1S/C19H24ClN3O5/c20-15-5-6-16(17(12-15)23(26)27)21-7-9-22(10-8-21)18(24)13-28-19(25)11-14-3-1-2-4-14/h5-6,12,14H,1-4,7-11,13H2. The molecule has 0 bridgehead atoms. The Morgan fingerprint density at radius 2 is 1.86 bits per heavy atom. The molecule has 0 N–H and O–H groups in total. The number of hydrogen-bond acceptors (Lipinski definition) is 6. The Morgan fingerprint density at radius 1 is 1.18 bits per heavy atom. The topological polar surface area (TPSA) is 93.0 Å². The number of anilines is 1. The fraction of sp³-hybridized carbons (Fsp3) is 0.579. The van der Waals surface area contributed by atoms with E-state index in [1.807, 2.05) is 4.90 Å². The molecule has 1 saturated carbocycles. The van der Waals surface area contributed by atoms with E-state index in [-0.39, 0.29) is 24.2 Å². The van der Waals surface area contributed by atoms with Crippen LogP contribution in [0.2, 0.25) is 5.02 Å². The molecule has 2 fully saturated rings. The van der Waals surface area contributed by atoms with Crippen LogP contribution in [0.4, 0.5) is 11.4 Å². The molecule has 1 amide bonds. The van der Waals surface area contributed by atoms with Gasteiger partial charge >= 0.3 is 5.97 Å². The quantitative estimate of drug-likeness (QED) is 0.407. The van der Waals surface area contributed by atoms with Crippen LogP contribution in [0, 0.1) is 16.0 Å². The van der Waals surface area contributed by atoms with Gasteiger partial charge in [-0.15, -0.1) is 0 Å². The number of nitrogens with zero attached hydrogens (tertiary/aromatic N) is 3. The zero-order valence-corrected chi connectivity index (χ0v) is 16.4. The van der Waals surface area contributed by atoms with Crippen molar-refractivity contribution in [3.63, 3.8) is 0 Å². The Bertz CT molecular complexity index is 743. The molecule has 0 spiro atoms. The molecule has 8 nitrogen and oxygen atoms in total. The zero-order chi connectivity index (χ0) is 20.1. The minimum absolute atomic E-state index is 0.0480. The average molecular weight is 410 g/mol. The molecule has 28 heavy (non-hydrogen) atoms. The predicted molar refractivity (Wildman–Crippen MR) is 104 cm³/mol. The molecule has 1 aliphatic heterocycles. The third-order valence-electron chi connectivity index (χ3n) is 5.39. The number of nitro benzene ring substituents is 1. The van der Waals surface area contributed by atoms with E-state index in [0.717, 1.165) is 25.7 Å². The fourth-order valence-corrected chi connectivity index (χ4v) is 4.02. The molecule has 0 radical (unpaired) electrons. The first-order chi connectivity index (χ1) is 13.4. The Labute approximate surface area is 168 Å². The molecule has 9 heteroatoms. The number of carbonyl (C=O) groups excluding carboxylic acids is 2. The molecule has 1 aromatic carbocycles. The molecule has 1 aromatic rings. The molecular weight excluding hydrogens is 386 g/mol. The van der Waals surface area contributed by atoms with Crippen LogP contribution in [0.15, 0.2) is 18.2 Å². The van der Waals surface area contributed by atoms with Crippen molar-refractivity contribution in [2.45, 2.75) is 32.1 Å². The summed E-state index contributed by atoms with van der Waals surface area (Å²) in [5.41, 5.74) is 0.442. The Balaban J connectivity index is 1.47. The number of rotatable bonds is 6. The van der Waals surface area contributed by atoms with Gasteiger partial charge in [0.2, 0.25) is 0 Å². The molecule has 0 aromatic heterocycles. The summed E-state index contributed by atoms with van der Waals surface area (Å²) >= 11 is 5.86. The molecule has 152 valence electrons. The van der Waals surface area contributed by atoms with Gasteiger partial charge in [-0.05, 0) is 30.9 Å². The van der Waals surface area contributed by atoms with Crippen molar-refractivity contribution in [3.05, 3.63) is 33.3 Å². The van der Waals surface area contributed by atoms with E-state index in [1.165, 1.54) is 6.07 Å². The number of ether oxygens (including phenoxy) is 1. The van der Waals surface area contributed by atoms with Gasteiger partial charge in [0, 0.05) is 43.7 Å². The lowest BCUT2D eigenvalue weighted by Gasteiger charge is -2.35. The van der Waals surface area contributed by atoms with Crippen molar-refractivity contribution in [2.24, 2.45) is 5.92 Å².